The number of ether oxygens (including phenoxy) is 2. The molecule has 0 spiro atoms. The lowest BCUT2D eigenvalue weighted by atomic mass is 10.1. The fourth-order valence-corrected chi connectivity index (χ4v) is 1.62. The van der Waals surface area contributed by atoms with E-state index in [2.05, 4.69) is 5.32 Å². The molecule has 0 saturated heterocycles. The van der Waals surface area contributed by atoms with Crippen LogP contribution < -0.4 is 5.32 Å². The summed E-state index contributed by atoms with van der Waals surface area (Å²) in [5, 5.41) is 2.88. The van der Waals surface area contributed by atoms with Crippen molar-refractivity contribution in [1.82, 2.24) is 5.32 Å². The maximum absolute atomic E-state index is 12.0. The Morgan fingerprint density at radius 3 is 2.65 bits per heavy atom. The van der Waals surface area contributed by atoms with Crippen LogP contribution in [0.2, 0.25) is 0 Å². The molecule has 0 bridgehead atoms. The highest BCUT2D eigenvalue weighted by atomic mass is 16.5. The summed E-state index contributed by atoms with van der Waals surface area (Å²) in [6.45, 7) is 2.83. The van der Waals surface area contributed by atoms with Gasteiger partial charge >= 0.3 is 0 Å². The van der Waals surface area contributed by atoms with Crippen molar-refractivity contribution in [2.24, 2.45) is 0 Å². The Labute approximate surface area is 102 Å². The molecule has 1 aromatic rings. The molecule has 1 amide bonds. The third kappa shape index (κ3) is 4.17. The summed E-state index contributed by atoms with van der Waals surface area (Å²) in [5.41, 5.74) is 1.54. The average molecular weight is 237 g/mol. The van der Waals surface area contributed by atoms with E-state index in [0.29, 0.717) is 18.8 Å². The highest BCUT2D eigenvalue weighted by Gasteiger charge is 2.12. The monoisotopic (exact) mass is 237 g/mol. The van der Waals surface area contributed by atoms with Crippen LogP contribution in [0.1, 0.15) is 22.8 Å². The maximum atomic E-state index is 12.0. The van der Waals surface area contributed by atoms with Crippen LogP contribution in [0.25, 0.3) is 0 Å². The summed E-state index contributed by atoms with van der Waals surface area (Å²) in [6.07, 6.45) is 0. The van der Waals surface area contributed by atoms with Crippen molar-refractivity contribution >= 4 is 5.91 Å². The van der Waals surface area contributed by atoms with Gasteiger partial charge < -0.3 is 14.8 Å². The van der Waals surface area contributed by atoms with Crippen molar-refractivity contribution in [2.75, 3.05) is 20.8 Å². The van der Waals surface area contributed by atoms with Crippen molar-refractivity contribution < 1.29 is 14.3 Å². The molecule has 17 heavy (non-hydrogen) atoms. The van der Waals surface area contributed by atoms with Gasteiger partial charge in [0, 0.05) is 25.8 Å². The van der Waals surface area contributed by atoms with Crippen LogP contribution in [0.5, 0.6) is 0 Å². The first-order chi connectivity index (χ1) is 8.19. The lowest BCUT2D eigenvalue weighted by Crippen LogP contribution is -2.36. The lowest BCUT2D eigenvalue weighted by Gasteiger charge is -2.14. The first-order valence-corrected chi connectivity index (χ1v) is 5.55. The fraction of sp³-hybridized carbons (Fsp3) is 0.462. The Morgan fingerprint density at radius 1 is 1.29 bits per heavy atom. The number of carbonyl (C=O) groups excluding carboxylic acids is 1. The molecule has 1 rings (SSSR count). The number of carbonyl (C=O) groups is 1. The molecule has 0 fully saturated rings. The molecule has 0 heterocycles. The first-order valence-electron chi connectivity index (χ1n) is 5.55. The Bertz CT molecular complexity index is 365. The molecule has 1 aromatic carbocycles. The summed E-state index contributed by atoms with van der Waals surface area (Å²) in [4.78, 5) is 12.0. The Balaban J connectivity index is 2.74. The smallest absolute Gasteiger partial charge is 0.251 e. The lowest BCUT2D eigenvalue weighted by molar-refractivity contribution is 0.0901. The Hall–Kier alpha value is -1.39. The number of methoxy groups -OCH3 is 2. The topological polar surface area (TPSA) is 47.6 Å². The number of benzene rings is 1. The SMILES string of the molecule is COCc1ccccc1C(=O)N[C@@H](C)COC. The molecular formula is C13H19NO3. The van der Waals surface area contributed by atoms with Crippen LogP contribution in [0.4, 0.5) is 0 Å². The minimum atomic E-state index is -0.0952. The highest BCUT2D eigenvalue weighted by molar-refractivity contribution is 5.95. The molecule has 1 N–H and O–H groups in total. The second-order valence-corrected chi connectivity index (χ2v) is 3.92. The quantitative estimate of drug-likeness (QED) is 0.817. The van der Waals surface area contributed by atoms with Crippen molar-refractivity contribution in [1.29, 1.82) is 0 Å². The van der Waals surface area contributed by atoms with Gasteiger partial charge in [-0.3, -0.25) is 4.79 Å². The molecule has 94 valence electrons. The molecule has 4 nitrogen and oxygen atoms in total. The second-order valence-electron chi connectivity index (χ2n) is 3.92. The van der Waals surface area contributed by atoms with Gasteiger partial charge in [-0.1, -0.05) is 18.2 Å². The van der Waals surface area contributed by atoms with E-state index in [1.54, 1.807) is 20.3 Å². The van der Waals surface area contributed by atoms with Gasteiger partial charge in [0.05, 0.1) is 13.2 Å². The third-order valence-corrected chi connectivity index (χ3v) is 2.36. The zero-order chi connectivity index (χ0) is 12.7. The number of amides is 1. The van der Waals surface area contributed by atoms with Crippen molar-refractivity contribution in [3.05, 3.63) is 35.4 Å². The number of hydrogen-bond acceptors (Lipinski definition) is 3. The largest absolute Gasteiger partial charge is 0.383 e. The van der Waals surface area contributed by atoms with E-state index in [-0.39, 0.29) is 11.9 Å². The number of hydrogen-bond donors (Lipinski definition) is 1. The predicted octanol–water partition coefficient (Wildman–Crippen LogP) is 1.60. The standard InChI is InChI=1S/C13H19NO3/c1-10(8-16-2)14-13(15)12-7-5-4-6-11(12)9-17-3/h4-7,10H,8-9H2,1-3H3,(H,14,15)/t10-/m0/s1. The molecule has 0 saturated carbocycles. The van der Waals surface area contributed by atoms with E-state index in [0.717, 1.165) is 5.56 Å². The van der Waals surface area contributed by atoms with Crippen molar-refractivity contribution in [3.8, 4) is 0 Å². The van der Waals surface area contributed by atoms with E-state index in [1.165, 1.54) is 0 Å². The van der Waals surface area contributed by atoms with E-state index < -0.39 is 0 Å². The summed E-state index contributed by atoms with van der Waals surface area (Å²) in [5.74, 6) is -0.0952. The highest BCUT2D eigenvalue weighted by Crippen LogP contribution is 2.10. The summed E-state index contributed by atoms with van der Waals surface area (Å²) in [6, 6.07) is 7.41. The van der Waals surface area contributed by atoms with Gasteiger partial charge in [-0.05, 0) is 18.6 Å². The average Bonchev–Trinajstić information content (AvgIpc) is 2.30. The van der Waals surface area contributed by atoms with Gasteiger partial charge in [-0.25, -0.2) is 0 Å². The van der Waals surface area contributed by atoms with Gasteiger partial charge in [0.2, 0.25) is 0 Å². The van der Waals surface area contributed by atoms with E-state index in [4.69, 9.17) is 9.47 Å². The zero-order valence-electron chi connectivity index (χ0n) is 10.5. The van der Waals surface area contributed by atoms with E-state index in [1.807, 2.05) is 25.1 Å². The minimum Gasteiger partial charge on any atom is -0.383 e. The molecular weight excluding hydrogens is 218 g/mol. The minimum absolute atomic E-state index is 0.0110. The van der Waals surface area contributed by atoms with E-state index in [9.17, 15) is 4.79 Å². The van der Waals surface area contributed by atoms with Gasteiger partial charge in [-0.15, -0.1) is 0 Å². The molecule has 0 radical (unpaired) electrons. The van der Waals surface area contributed by atoms with Gasteiger partial charge in [0.1, 0.15) is 0 Å². The van der Waals surface area contributed by atoms with Crippen LogP contribution in [-0.4, -0.2) is 32.8 Å². The van der Waals surface area contributed by atoms with E-state index >= 15 is 0 Å². The van der Waals surface area contributed by atoms with Crippen molar-refractivity contribution in [2.45, 2.75) is 19.6 Å². The number of rotatable bonds is 6. The Morgan fingerprint density at radius 2 is 2.00 bits per heavy atom. The van der Waals surface area contributed by atoms with Crippen LogP contribution in [0.15, 0.2) is 24.3 Å². The predicted molar refractivity (Wildman–Crippen MR) is 66.0 cm³/mol. The molecule has 0 aliphatic heterocycles. The normalized spacial score (nSPS) is 12.2. The molecule has 0 unspecified atom stereocenters. The number of nitrogens with one attached hydrogen (secondary N) is 1. The van der Waals surface area contributed by atoms with Crippen molar-refractivity contribution in [3.63, 3.8) is 0 Å². The Kier molecular flexibility index (Phi) is 5.66. The maximum Gasteiger partial charge on any atom is 0.251 e. The van der Waals surface area contributed by atoms with Crippen LogP contribution in [-0.2, 0) is 16.1 Å². The second kappa shape index (κ2) is 7.04. The molecule has 0 aliphatic carbocycles. The van der Waals surface area contributed by atoms with Crippen LogP contribution in [0.3, 0.4) is 0 Å². The van der Waals surface area contributed by atoms with Gasteiger partial charge in [0.15, 0.2) is 0 Å². The first kappa shape index (κ1) is 13.7. The summed E-state index contributed by atoms with van der Waals surface area (Å²) in [7, 11) is 3.23. The molecule has 0 aromatic heterocycles. The molecule has 4 heteroatoms. The van der Waals surface area contributed by atoms with Gasteiger partial charge in [-0.2, -0.15) is 0 Å². The zero-order valence-corrected chi connectivity index (χ0v) is 10.5. The summed E-state index contributed by atoms with van der Waals surface area (Å²) >= 11 is 0. The van der Waals surface area contributed by atoms with Gasteiger partial charge in [0.25, 0.3) is 5.91 Å². The molecule has 1 atom stereocenters. The molecule has 0 aliphatic rings. The summed E-state index contributed by atoms with van der Waals surface area (Å²) < 4.78 is 10.0. The fourth-order valence-electron chi connectivity index (χ4n) is 1.62. The van der Waals surface area contributed by atoms with Crippen LogP contribution in [0, 0.1) is 0 Å². The van der Waals surface area contributed by atoms with Crippen LogP contribution >= 0.6 is 0 Å². The third-order valence-electron chi connectivity index (χ3n) is 2.36.